The first kappa shape index (κ1) is 16.6. The Bertz CT molecular complexity index is 711. The molecule has 1 heterocycles. The lowest BCUT2D eigenvalue weighted by molar-refractivity contribution is -0.122. The number of hydrogen-bond donors (Lipinski definition) is 2. The molecule has 1 atom stereocenters. The zero-order chi connectivity index (χ0) is 16.9. The molecule has 0 saturated heterocycles. The molecular formula is C18H24N4O2. The molecule has 0 radical (unpaired) electrons. The van der Waals surface area contributed by atoms with E-state index in [1.807, 2.05) is 6.92 Å². The standard InChI is InChI=1S/C18H24N4O2/c1-13(15-7-6-14-4-2-3-5-16(14)10-15)19-18(24)12-22-11-17(8-9-23)20-21-22/h6-7,10-11,13,23H,2-5,8-9,12H2,1H3,(H,19,24). The monoisotopic (exact) mass is 328 g/mol. The second-order valence-electron chi connectivity index (χ2n) is 6.41. The summed E-state index contributed by atoms with van der Waals surface area (Å²) in [5.74, 6) is -0.0966. The number of aromatic nitrogens is 3. The van der Waals surface area contributed by atoms with Gasteiger partial charge in [0.25, 0.3) is 0 Å². The summed E-state index contributed by atoms with van der Waals surface area (Å²) in [6, 6.07) is 6.51. The van der Waals surface area contributed by atoms with Crippen molar-refractivity contribution in [2.75, 3.05) is 6.61 Å². The SMILES string of the molecule is CC(NC(=O)Cn1cc(CCO)nn1)c1ccc2c(c1)CCCC2. The maximum atomic E-state index is 12.2. The van der Waals surface area contributed by atoms with E-state index in [4.69, 9.17) is 5.11 Å². The van der Waals surface area contributed by atoms with Crippen LogP contribution in [0.15, 0.2) is 24.4 Å². The molecule has 1 amide bonds. The number of carbonyl (C=O) groups excluding carboxylic acids is 1. The molecule has 2 aromatic rings. The van der Waals surface area contributed by atoms with Gasteiger partial charge in [-0.1, -0.05) is 23.4 Å². The molecule has 128 valence electrons. The third-order valence-electron chi connectivity index (χ3n) is 4.51. The van der Waals surface area contributed by atoms with Gasteiger partial charge in [-0.15, -0.1) is 5.10 Å². The third-order valence-corrected chi connectivity index (χ3v) is 4.51. The van der Waals surface area contributed by atoms with Crippen LogP contribution in [0.25, 0.3) is 0 Å². The first-order valence-corrected chi connectivity index (χ1v) is 8.56. The molecule has 1 aromatic heterocycles. The molecule has 1 aliphatic rings. The van der Waals surface area contributed by atoms with Gasteiger partial charge in [0.15, 0.2) is 0 Å². The Morgan fingerprint density at radius 1 is 1.33 bits per heavy atom. The van der Waals surface area contributed by atoms with E-state index >= 15 is 0 Å². The van der Waals surface area contributed by atoms with Crippen LogP contribution in [0.3, 0.4) is 0 Å². The van der Waals surface area contributed by atoms with Crippen molar-refractivity contribution < 1.29 is 9.90 Å². The molecule has 0 bridgehead atoms. The van der Waals surface area contributed by atoms with E-state index in [1.54, 1.807) is 6.20 Å². The van der Waals surface area contributed by atoms with E-state index in [2.05, 4.69) is 33.8 Å². The lowest BCUT2D eigenvalue weighted by Gasteiger charge is -2.20. The van der Waals surface area contributed by atoms with Crippen LogP contribution in [-0.4, -0.2) is 32.6 Å². The van der Waals surface area contributed by atoms with Gasteiger partial charge >= 0.3 is 0 Å². The van der Waals surface area contributed by atoms with Gasteiger partial charge in [-0.25, -0.2) is 4.68 Å². The van der Waals surface area contributed by atoms with Gasteiger partial charge in [-0.2, -0.15) is 0 Å². The van der Waals surface area contributed by atoms with Crippen LogP contribution in [0.2, 0.25) is 0 Å². The van der Waals surface area contributed by atoms with Crippen molar-refractivity contribution in [3.8, 4) is 0 Å². The second kappa shape index (κ2) is 7.57. The summed E-state index contributed by atoms with van der Waals surface area (Å²) in [6.07, 6.45) is 6.97. The van der Waals surface area contributed by atoms with Gasteiger partial charge in [0.1, 0.15) is 6.54 Å². The Morgan fingerprint density at radius 3 is 2.92 bits per heavy atom. The smallest absolute Gasteiger partial charge is 0.242 e. The summed E-state index contributed by atoms with van der Waals surface area (Å²) in [7, 11) is 0. The number of hydrogen-bond acceptors (Lipinski definition) is 4. The number of nitrogens with zero attached hydrogens (tertiary/aromatic N) is 3. The van der Waals surface area contributed by atoms with Gasteiger partial charge in [0, 0.05) is 19.2 Å². The van der Waals surface area contributed by atoms with E-state index < -0.39 is 0 Å². The van der Waals surface area contributed by atoms with Crippen molar-refractivity contribution in [2.24, 2.45) is 0 Å². The van der Waals surface area contributed by atoms with Gasteiger partial charge in [0.2, 0.25) is 5.91 Å². The number of amides is 1. The number of benzene rings is 1. The normalized spacial score (nSPS) is 14.9. The van der Waals surface area contributed by atoms with Crippen LogP contribution < -0.4 is 5.32 Å². The molecule has 0 spiro atoms. The molecule has 0 saturated carbocycles. The first-order chi connectivity index (χ1) is 11.7. The average molecular weight is 328 g/mol. The molecule has 1 aromatic carbocycles. The Balaban J connectivity index is 1.59. The van der Waals surface area contributed by atoms with E-state index in [-0.39, 0.29) is 25.1 Å². The largest absolute Gasteiger partial charge is 0.396 e. The zero-order valence-corrected chi connectivity index (χ0v) is 14.0. The maximum Gasteiger partial charge on any atom is 0.242 e. The van der Waals surface area contributed by atoms with Gasteiger partial charge < -0.3 is 10.4 Å². The number of nitrogens with one attached hydrogen (secondary N) is 1. The van der Waals surface area contributed by atoms with Crippen molar-refractivity contribution in [2.45, 2.75) is 51.6 Å². The minimum absolute atomic E-state index is 0.0280. The van der Waals surface area contributed by atoms with Crippen LogP contribution in [0.5, 0.6) is 0 Å². The summed E-state index contributed by atoms with van der Waals surface area (Å²) in [6.45, 7) is 2.16. The predicted molar refractivity (Wildman–Crippen MR) is 90.5 cm³/mol. The predicted octanol–water partition coefficient (Wildman–Crippen LogP) is 1.57. The molecular weight excluding hydrogens is 304 g/mol. The topological polar surface area (TPSA) is 80.0 Å². The highest BCUT2D eigenvalue weighted by atomic mass is 16.3. The lowest BCUT2D eigenvalue weighted by atomic mass is 9.89. The molecule has 1 unspecified atom stereocenters. The molecule has 1 aliphatic carbocycles. The summed E-state index contributed by atoms with van der Waals surface area (Å²) >= 11 is 0. The highest BCUT2D eigenvalue weighted by Crippen LogP contribution is 2.24. The quantitative estimate of drug-likeness (QED) is 0.843. The van der Waals surface area contributed by atoms with Crippen LogP contribution >= 0.6 is 0 Å². The van der Waals surface area contributed by atoms with Crippen molar-refractivity contribution >= 4 is 5.91 Å². The van der Waals surface area contributed by atoms with Crippen LogP contribution in [0.1, 0.15) is 48.2 Å². The van der Waals surface area contributed by atoms with Crippen molar-refractivity contribution in [1.82, 2.24) is 20.3 Å². The van der Waals surface area contributed by atoms with Gasteiger partial charge in [0.05, 0.1) is 11.7 Å². The molecule has 24 heavy (non-hydrogen) atoms. The Hall–Kier alpha value is -2.21. The summed E-state index contributed by atoms with van der Waals surface area (Å²) < 4.78 is 1.50. The zero-order valence-electron chi connectivity index (χ0n) is 14.0. The van der Waals surface area contributed by atoms with Crippen LogP contribution in [-0.2, 0) is 30.6 Å². The molecule has 0 fully saturated rings. The van der Waals surface area contributed by atoms with E-state index in [0.717, 1.165) is 12.0 Å². The number of aliphatic hydroxyl groups excluding tert-OH is 1. The molecule has 6 nitrogen and oxygen atoms in total. The van der Waals surface area contributed by atoms with Crippen molar-refractivity contribution in [1.29, 1.82) is 0 Å². The van der Waals surface area contributed by atoms with Gasteiger partial charge in [-0.3, -0.25) is 4.79 Å². The molecule has 0 aliphatic heterocycles. The number of aryl methyl sites for hydroxylation is 2. The maximum absolute atomic E-state index is 12.2. The fourth-order valence-corrected chi connectivity index (χ4v) is 3.19. The Labute approximate surface area is 141 Å². The Kier molecular flexibility index (Phi) is 5.25. The van der Waals surface area contributed by atoms with E-state index in [1.165, 1.54) is 35.1 Å². The second-order valence-corrected chi connectivity index (χ2v) is 6.41. The minimum Gasteiger partial charge on any atom is -0.396 e. The number of rotatable bonds is 6. The summed E-state index contributed by atoms with van der Waals surface area (Å²) in [5.41, 5.74) is 4.70. The summed E-state index contributed by atoms with van der Waals surface area (Å²) in [4.78, 5) is 12.2. The molecule has 2 N–H and O–H groups in total. The average Bonchev–Trinajstić information content (AvgIpc) is 3.01. The minimum atomic E-state index is -0.0966. The highest BCUT2D eigenvalue weighted by molar-refractivity contribution is 5.76. The Morgan fingerprint density at radius 2 is 2.12 bits per heavy atom. The molecule has 6 heteroatoms. The van der Waals surface area contributed by atoms with Gasteiger partial charge in [-0.05, 0) is 49.3 Å². The first-order valence-electron chi connectivity index (χ1n) is 8.56. The number of carbonyl (C=O) groups is 1. The lowest BCUT2D eigenvalue weighted by Crippen LogP contribution is -2.30. The molecule has 3 rings (SSSR count). The number of aliphatic hydroxyl groups is 1. The highest BCUT2D eigenvalue weighted by Gasteiger charge is 2.14. The van der Waals surface area contributed by atoms with Crippen LogP contribution in [0.4, 0.5) is 0 Å². The van der Waals surface area contributed by atoms with E-state index in [0.29, 0.717) is 12.1 Å². The van der Waals surface area contributed by atoms with Crippen molar-refractivity contribution in [3.05, 3.63) is 46.8 Å². The van der Waals surface area contributed by atoms with E-state index in [9.17, 15) is 4.79 Å². The van der Waals surface area contributed by atoms with Crippen LogP contribution in [0, 0.1) is 0 Å². The fraction of sp³-hybridized carbons (Fsp3) is 0.500. The number of fused-ring (bicyclic) bond motifs is 1. The summed E-state index contributed by atoms with van der Waals surface area (Å²) in [5, 5.41) is 19.7. The fourth-order valence-electron chi connectivity index (χ4n) is 3.19. The third kappa shape index (κ3) is 4.00. The van der Waals surface area contributed by atoms with Crippen molar-refractivity contribution in [3.63, 3.8) is 0 Å².